The lowest BCUT2D eigenvalue weighted by molar-refractivity contribution is 0.238. The molecule has 0 unspecified atom stereocenters. The first kappa shape index (κ1) is 21.0. The highest BCUT2D eigenvalue weighted by Crippen LogP contribution is 2.28. The van der Waals surface area contributed by atoms with Crippen LogP contribution in [0, 0.1) is 0 Å². The van der Waals surface area contributed by atoms with Crippen LogP contribution in [0.5, 0.6) is 5.75 Å². The highest BCUT2D eigenvalue weighted by Gasteiger charge is 2.19. The van der Waals surface area contributed by atoms with E-state index in [1.807, 2.05) is 6.07 Å². The molecule has 0 radical (unpaired) electrons. The van der Waals surface area contributed by atoms with Gasteiger partial charge in [-0.15, -0.1) is 0 Å². The molecule has 1 aliphatic rings. The molecule has 1 fully saturated rings. The number of aryl methyl sites for hydroxylation is 1. The molecule has 0 saturated carbocycles. The van der Waals surface area contributed by atoms with Gasteiger partial charge in [0.25, 0.3) is 0 Å². The summed E-state index contributed by atoms with van der Waals surface area (Å²) in [6.07, 6.45) is 4.34. The van der Waals surface area contributed by atoms with E-state index in [2.05, 4.69) is 60.0 Å². The van der Waals surface area contributed by atoms with Gasteiger partial charge in [-0.1, -0.05) is 43.6 Å². The number of benzene rings is 2. The fourth-order valence-electron chi connectivity index (χ4n) is 3.85. The quantitative estimate of drug-likeness (QED) is 0.521. The maximum Gasteiger partial charge on any atom is 0.119 e. The minimum atomic E-state index is 0.799. The van der Waals surface area contributed by atoms with Crippen LogP contribution in [-0.2, 0) is 12.8 Å². The molecule has 152 valence electrons. The number of halogens is 1. The summed E-state index contributed by atoms with van der Waals surface area (Å²) >= 11 is 6.39. The van der Waals surface area contributed by atoms with Gasteiger partial charge in [0.05, 0.1) is 6.61 Å². The number of unbranched alkanes of at least 4 members (excludes halogenated alkanes) is 1. The average molecular weight is 401 g/mol. The van der Waals surface area contributed by atoms with E-state index in [0.717, 1.165) is 69.4 Å². The molecular weight excluding hydrogens is 368 g/mol. The molecule has 0 N–H and O–H groups in total. The van der Waals surface area contributed by atoms with Crippen LogP contribution in [0.3, 0.4) is 0 Å². The second-order valence-corrected chi connectivity index (χ2v) is 7.88. The van der Waals surface area contributed by atoms with Gasteiger partial charge < -0.3 is 9.64 Å². The Morgan fingerprint density at radius 1 is 0.893 bits per heavy atom. The molecule has 2 aromatic carbocycles. The Bertz CT molecular complexity index is 724. The molecule has 0 spiro atoms. The van der Waals surface area contributed by atoms with Crippen molar-refractivity contribution in [2.24, 2.45) is 0 Å². The van der Waals surface area contributed by atoms with Crippen molar-refractivity contribution >= 4 is 17.3 Å². The van der Waals surface area contributed by atoms with Crippen molar-refractivity contribution < 1.29 is 4.74 Å². The summed E-state index contributed by atoms with van der Waals surface area (Å²) in [5, 5.41) is 0.895. The number of hydrogen-bond acceptors (Lipinski definition) is 3. The van der Waals surface area contributed by atoms with Crippen LogP contribution in [0.4, 0.5) is 5.69 Å². The van der Waals surface area contributed by atoms with E-state index in [-0.39, 0.29) is 0 Å². The summed E-state index contributed by atoms with van der Waals surface area (Å²) in [4.78, 5) is 5.06. The Kier molecular flexibility index (Phi) is 8.05. The Labute approximate surface area is 175 Å². The van der Waals surface area contributed by atoms with Gasteiger partial charge in [-0.2, -0.15) is 0 Å². The van der Waals surface area contributed by atoms with E-state index in [1.54, 1.807) is 0 Å². The molecule has 3 rings (SSSR count). The zero-order chi connectivity index (χ0) is 19.8. The second-order valence-electron chi connectivity index (χ2n) is 7.47. The lowest BCUT2D eigenvalue weighted by Crippen LogP contribution is -2.47. The summed E-state index contributed by atoms with van der Waals surface area (Å²) in [5.41, 5.74) is 3.95. The number of piperazine rings is 1. The molecule has 0 atom stereocenters. The van der Waals surface area contributed by atoms with Gasteiger partial charge in [-0.3, -0.25) is 4.90 Å². The van der Waals surface area contributed by atoms with Crippen molar-refractivity contribution in [2.45, 2.75) is 39.5 Å². The Balaban J connectivity index is 1.35. The van der Waals surface area contributed by atoms with Gasteiger partial charge in [0.2, 0.25) is 0 Å². The first-order chi connectivity index (χ1) is 13.7. The Hall–Kier alpha value is -1.71. The highest BCUT2D eigenvalue weighted by molar-refractivity contribution is 6.31. The van der Waals surface area contributed by atoms with Gasteiger partial charge in [0.15, 0.2) is 0 Å². The summed E-state index contributed by atoms with van der Waals surface area (Å²) in [6, 6.07) is 14.7. The fourth-order valence-corrected chi connectivity index (χ4v) is 4.16. The molecule has 1 aliphatic heterocycles. The molecule has 1 heterocycles. The molecule has 0 aromatic heterocycles. The SMILES string of the molecule is CCc1ccc(OCCCCN2CCN(c3cccc(Cl)c3CC)CC2)cc1. The normalized spacial score (nSPS) is 15.0. The largest absolute Gasteiger partial charge is 0.494 e. The van der Waals surface area contributed by atoms with Crippen LogP contribution < -0.4 is 9.64 Å². The third kappa shape index (κ3) is 5.65. The molecule has 2 aromatic rings. The molecule has 0 amide bonds. The average Bonchev–Trinajstić information content (AvgIpc) is 2.74. The predicted molar refractivity (Wildman–Crippen MR) is 120 cm³/mol. The fraction of sp³-hybridized carbons (Fsp3) is 0.500. The van der Waals surface area contributed by atoms with E-state index in [1.165, 1.54) is 23.2 Å². The maximum absolute atomic E-state index is 6.39. The van der Waals surface area contributed by atoms with Crippen LogP contribution in [0.25, 0.3) is 0 Å². The molecule has 0 bridgehead atoms. The molecule has 28 heavy (non-hydrogen) atoms. The number of ether oxygens (including phenoxy) is 1. The molecule has 0 aliphatic carbocycles. The lowest BCUT2D eigenvalue weighted by atomic mass is 10.1. The lowest BCUT2D eigenvalue weighted by Gasteiger charge is -2.37. The maximum atomic E-state index is 6.39. The topological polar surface area (TPSA) is 15.7 Å². The van der Waals surface area contributed by atoms with Crippen LogP contribution in [0.1, 0.15) is 37.8 Å². The Morgan fingerprint density at radius 3 is 2.32 bits per heavy atom. The molecule has 4 heteroatoms. The van der Waals surface area contributed by atoms with Crippen molar-refractivity contribution in [3.05, 3.63) is 58.6 Å². The van der Waals surface area contributed by atoms with E-state index >= 15 is 0 Å². The van der Waals surface area contributed by atoms with Gasteiger partial charge in [0, 0.05) is 36.9 Å². The number of anilines is 1. The van der Waals surface area contributed by atoms with Gasteiger partial charge in [0.1, 0.15) is 5.75 Å². The Morgan fingerprint density at radius 2 is 1.64 bits per heavy atom. The summed E-state index contributed by atoms with van der Waals surface area (Å²) in [5.74, 6) is 0.985. The van der Waals surface area contributed by atoms with Gasteiger partial charge in [-0.05, 0) is 67.6 Å². The third-order valence-electron chi connectivity index (χ3n) is 5.63. The van der Waals surface area contributed by atoms with E-state index in [4.69, 9.17) is 16.3 Å². The summed E-state index contributed by atoms with van der Waals surface area (Å²) in [7, 11) is 0. The van der Waals surface area contributed by atoms with Crippen molar-refractivity contribution in [1.82, 2.24) is 4.90 Å². The van der Waals surface area contributed by atoms with Crippen LogP contribution in [-0.4, -0.2) is 44.2 Å². The van der Waals surface area contributed by atoms with Crippen molar-refractivity contribution in [3.63, 3.8) is 0 Å². The van der Waals surface area contributed by atoms with Crippen molar-refractivity contribution in [3.8, 4) is 5.75 Å². The smallest absolute Gasteiger partial charge is 0.119 e. The van der Waals surface area contributed by atoms with Gasteiger partial charge >= 0.3 is 0 Å². The molecule has 1 saturated heterocycles. The van der Waals surface area contributed by atoms with Crippen molar-refractivity contribution in [2.75, 3.05) is 44.2 Å². The van der Waals surface area contributed by atoms with E-state index in [0.29, 0.717) is 0 Å². The van der Waals surface area contributed by atoms with E-state index < -0.39 is 0 Å². The molecule has 3 nitrogen and oxygen atoms in total. The standard InChI is InChI=1S/C24H33ClN2O/c1-3-20-10-12-21(13-11-20)28-19-6-5-14-26-15-17-27(18-16-26)24-9-7-8-23(25)22(24)4-2/h7-13H,3-6,14-19H2,1-2H3. The second kappa shape index (κ2) is 10.7. The number of hydrogen-bond donors (Lipinski definition) is 0. The zero-order valence-corrected chi connectivity index (χ0v) is 18.0. The monoisotopic (exact) mass is 400 g/mol. The highest BCUT2D eigenvalue weighted by atomic mass is 35.5. The predicted octanol–water partition coefficient (Wildman–Crippen LogP) is 5.45. The zero-order valence-electron chi connectivity index (χ0n) is 17.3. The van der Waals surface area contributed by atoms with Crippen LogP contribution in [0.15, 0.2) is 42.5 Å². The first-order valence-electron chi connectivity index (χ1n) is 10.7. The minimum Gasteiger partial charge on any atom is -0.494 e. The third-order valence-corrected chi connectivity index (χ3v) is 5.98. The summed E-state index contributed by atoms with van der Waals surface area (Å²) < 4.78 is 5.87. The van der Waals surface area contributed by atoms with Gasteiger partial charge in [-0.25, -0.2) is 0 Å². The number of nitrogens with zero attached hydrogens (tertiary/aromatic N) is 2. The van der Waals surface area contributed by atoms with Crippen LogP contribution >= 0.6 is 11.6 Å². The molecular formula is C24H33ClN2O. The minimum absolute atomic E-state index is 0.799. The van der Waals surface area contributed by atoms with Crippen LogP contribution in [0.2, 0.25) is 5.02 Å². The van der Waals surface area contributed by atoms with Crippen molar-refractivity contribution in [1.29, 1.82) is 0 Å². The van der Waals surface area contributed by atoms with E-state index in [9.17, 15) is 0 Å². The first-order valence-corrected chi connectivity index (χ1v) is 11.1. The summed E-state index contributed by atoms with van der Waals surface area (Å²) in [6.45, 7) is 10.7. The number of rotatable bonds is 9.